The lowest BCUT2D eigenvalue weighted by molar-refractivity contribution is 0.427. The Morgan fingerprint density at radius 3 is 2.61 bits per heavy atom. The van der Waals surface area contributed by atoms with E-state index >= 15 is 0 Å². The molecule has 0 aliphatic carbocycles. The Labute approximate surface area is 143 Å². The number of halogens is 1. The summed E-state index contributed by atoms with van der Waals surface area (Å²) in [5.74, 6) is -0.103. The predicted molar refractivity (Wildman–Crippen MR) is 92.9 cm³/mol. The van der Waals surface area contributed by atoms with Gasteiger partial charge in [-0.25, -0.2) is 21.1 Å². The fourth-order valence-electron chi connectivity index (χ4n) is 2.74. The molecule has 1 aromatic rings. The van der Waals surface area contributed by atoms with Crippen molar-refractivity contribution in [3.63, 3.8) is 0 Å². The minimum Gasteiger partial charge on any atom is -0.228 e. The molecule has 0 aromatic heterocycles. The Kier molecular flexibility index (Phi) is 6.10. The summed E-state index contributed by atoms with van der Waals surface area (Å²) in [6.45, 7) is 2.16. The molecule has 1 heterocycles. The monoisotopic (exact) mass is 379 g/mol. The Morgan fingerprint density at radius 1 is 1.26 bits per heavy atom. The molecule has 1 saturated heterocycles. The van der Waals surface area contributed by atoms with Crippen LogP contribution < -0.4 is 0 Å². The van der Waals surface area contributed by atoms with Crippen molar-refractivity contribution in [2.45, 2.75) is 31.4 Å². The third kappa shape index (κ3) is 4.47. The first-order valence-corrected chi connectivity index (χ1v) is 11.4. The van der Waals surface area contributed by atoms with Crippen molar-refractivity contribution in [1.29, 1.82) is 0 Å². The van der Waals surface area contributed by atoms with Gasteiger partial charge >= 0.3 is 0 Å². The zero-order chi connectivity index (χ0) is 17.1. The fraction of sp³-hybridized carbons (Fsp3) is 0.600. The van der Waals surface area contributed by atoms with Crippen LogP contribution in [0.25, 0.3) is 0 Å². The second kappa shape index (κ2) is 7.51. The number of unbranched alkanes of at least 4 members (excludes halogenated alkanes) is 1. The first-order valence-electron chi connectivity index (χ1n) is 7.72. The highest BCUT2D eigenvalue weighted by Crippen LogP contribution is 2.34. The fourth-order valence-corrected chi connectivity index (χ4v) is 6.67. The average Bonchev–Trinajstić information content (AvgIpc) is 2.65. The molecule has 1 atom stereocenters. The minimum absolute atomic E-state index is 0.0231. The van der Waals surface area contributed by atoms with E-state index in [2.05, 4.69) is 0 Å². The molecular weight excluding hydrogens is 358 g/mol. The molecule has 1 aliphatic heterocycles. The van der Waals surface area contributed by atoms with Crippen LogP contribution in [0.3, 0.4) is 0 Å². The normalized spacial score (nSPS) is 22.6. The van der Waals surface area contributed by atoms with Gasteiger partial charge in [-0.05, 0) is 24.5 Å². The van der Waals surface area contributed by atoms with Crippen LogP contribution in [0, 0.1) is 0 Å². The third-order valence-electron chi connectivity index (χ3n) is 4.10. The summed E-state index contributed by atoms with van der Waals surface area (Å²) in [5, 5.41) is -0.342. The molecule has 1 unspecified atom stereocenters. The SMILES string of the molecule is CCCCS(=O)(=O)N1CCC(c2ccccc2Cl)S(=O)(=O)CC1. The highest BCUT2D eigenvalue weighted by Gasteiger charge is 2.35. The van der Waals surface area contributed by atoms with Gasteiger partial charge in [-0.15, -0.1) is 0 Å². The quantitative estimate of drug-likeness (QED) is 0.788. The van der Waals surface area contributed by atoms with Crippen LogP contribution in [-0.4, -0.2) is 45.7 Å². The van der Waals surface area contributed by atoms with Crippen molar-refractivity contribution in [3.05, 3.63) is 34.9 Å². The summed E-state index contributed by atoms with van der Waals surface area (Å²) in [5.41, 5.74) is 0.557. The largest absolute Gasteiger partial charge is 0.228 e. The first kappa shape index (κ1) is 18.7. The molecule has 1 aliphatic rings. The molecule has 0 bridgehead atoms. The molecule has 23 heavy (non-hydrogen) atoms. The van der Waals surface area contributed by atoms with Crippen molar-refractivity contribution in [1.82, 2.24) is 4.31 Å². The molecule has 0 amide bonds. The van der Waals surface area contributed by atoms with E-state index in [9.17, 15) is 16.8 Å². The summed E-state index contributed by atoms with van der Waals surface area (Å²) in [6, 6.07) is 6.85. The van der Waals surface area contributed by atoms with Gasteiger partial charge in [0.15, 0.2) is 9.84 Å². The molecular formula is C15H22ClNO4S2. The summed E-state index contributed by atoms with van der Waals surface area (Å²) in [4.78, 5) is 0. The third-order valence-corrected chi connectivity index (χ3v) is 8.51. The first-order chi connectivity index (χ1) is 10.8. The number of rotatable bonds is 5. The van der Waals surface area contributed by atoms with Gasteiger partial charge in [0.05, 0.1) is 16.8 Å². The minimum atomic E-state index is -3.44. The second-order valence-corrected chi connectivity index (χ2v) is 10.5. The molecule has 0 N–H and O–H groups in total. The highest BCUT2D eigenvalue weighted by molar-refractivity contribution is 7.92. The van der Waals surface area contributed by atoms with Crippen LogP contribution in [0.4, 0.5) is 0 Å². The van der Waals surface area contributed by atoms with E-state index in [4.69, 9.17) is 11.6 Å². The Balaban J connectivity index is 2.25. The molecule has 1 aromatic carbocycles. The van der Waals surface area contributed by atoms with Crippen LogP contribution in [0.2, 0.25) is 5.02 Å². The van der Waals surface area contributed by atoms with E-state index < -0.39 is 25.1 Å². The summed E-state index contributed by atoms with van der Waals surface area (Å²) in [7, 11) is -6.84. The standard InChI is InChI=1S/C15H22ClNO4S2/c1-2-3-11-23(20,21)17-9-8-15(22(18,19)12-10-17)13-6-4-5-7-14(13)16/h4-7,15H,2-3,8-12H2,1H3. The topological polar surface area (TPSA) is 71.5 Å². The zero-order valence-electron chi connectivity index (χ0n) is 13.1. The van der Waals surface area contributed by atoms with Crippen molar-refractivity contribution in [3.8, 4) is 0 Å². The summed E-state index contributed by atoms with van der Waals surface area (Å²) >= 11 is 6.14. The van der Waals surface area contributed by atoms with E-state index in [1.807, 2.05) is 6.92 Å². The van der Waals surface area contributed by atoms with Gasteiger partial charge in [0, 0.05) is 18.1 Å². The molecule has 0 radical (unpaired) electrons. The van der Waals surface area contributed by atoms with E-state index in [-0.39, 0.29) is 31.0 Å². The van der Waals surface area contributed by atoms with Crippen LogP contribution in [0.1, 0.15) is 37.0 Å². The molecule has 130 valence electrons. The van der Waals surface area contributed by atoms with Crippen molar-refractivity contribution < 1.29 is 16.8 Å². The summed E-state index contributed by atoms with van der Waals surface area (Å²) in [6.07, 6.45) is 1.60. The maximum absolute atomic E-state index is 12.6. The number of nitrogens with zero attached hydrogens (tertiary/aromatic N) is 1. The van der Waals surface area contributed by atoms with Crippen LogP contribution in [-0.2, 0) is 19.9 Å². The van der Waals surface area contributed by atoms with Gasteiger partial charge in [0.25, 0.3) is 0 Å². The van der Waals surface area contributed by atoms with Crippen LogP contribution in [0.5, 0.6) is 0 Å². The van der Waals surface area contributed by atoms with Crippen LogP contribution >= 0.6 is 11.6 Å². The zero-order valence-corrected chi connectivity index (χ0v) is 15.5. The molecule has 0 saturated carbocycles. The van der Waals surface area contributed by atoms with Crippen molar-refractivity contribution >= 4 is 31.5 Å². The number of sulfonamides is 1. The van der Waals surface area contributed by atoms with Gasteiger partial charge in [0.1, 0.15) is 0 Å². The predicted octanol–water partition coefficient (Wildman–Crippen LogP) is 2.63. The molecule has 0 spiro atoms. The molecule has 8 heteroatoms. The lowest BCUT2D eigenvalue weighted by Crippen LogP contribution is -2.35. The highest BCUT2D eigenvalue weighted by atomic mass is 35.5. The number of hydrogen-bond acceptors (Lipinski definition) is 4. The Bertz CT molecular complexity index is 746. The number of benzene rings is 1. The van der Waals surface area contributed by atoms with Gasteiger partial charge in [0.2, 0.25) is 10.0 Å². The van der Waals surface area contributed by atoms with Gasteiger partial charge in [-0.2, -0.15) is 0 Å². The van der Waals surface area contributed by atoms with Crippen molar-refractivity contribution in [2.24, 2.45) is 0 Å². The van der Waals surface area contributed by atoms with E-state index in [1.54, 1.807) is 24.3 Å². The maximum atomic E-state index is 12.6. The van der Waals surface area contributed by atoms with Gasteiger partial charge in [-0.1, -0.05) is 43.1 Å². The Morgan fingerprint density at radius 2 is 1.96 bits per heavy atom. The average molecular weight is 380 g/mol. The maximum Gasteiger partial charge on any atom is 0.214 e. The number of hydrogen-bond donors (Lipinski definition) is 0. The van der Waals surface area contributed by atoms with E-state index in [1.165, 1.54) is 4.31 Å². The molecule has 5 nitrogen and oxygen atoms in total. The molecule has 1 fully saturated rings. The van der Waals surface area contributed by atoms with Gasteiger partial charge in [-0.3, -0.25) is 0 Å². The van der Waals surface area contributed by atoms with E-state index in [0.717, 1.165) is 6.42 Å². The second-order valence-electron chi connectivity index (χ2n) is 5.73. The van der Waals surface area contributed by atoms with Gasteiger partial charge < -0.3 is 0 Å². The summed E-state index contributed by atoms with van der Waals surface area (Å²) < 4.78 is 51.1. The van der Waals surface area contributed by atoms with Crippen LogP contribution in [0.15, 0.2) is 24.3 Å². The Hall–Kier alpha value is -0.630. The van der Waals surface area contributed by atoms with E-state index in [0.29, 0.717) is 17.0 Å². The smallest absolute Gasteiger partial charge is 0.214 e. The molecule has 2 rings (SSSR count). The van der Waals surface area contributed by atoms with Crippen molar-refractivity contribution in [2.75, 3.05) is 24.6 Å². The number of sulfone groups is 1. The lowest BCUT2D eigenvalue weighted by Gasteiger charge is -2.19. The lowest BCUT2D eigenvalue weighted by atomic mass is 10.1.